The molecule has 0 radical (unpaired) electrons. The minimum Gasteiger partial charge on any atom is -0.480 e. The largest absolute Gasteiger partial charge is 0.480 e. The first-order valence-corrected chi connectivity index (χ1v) is 6.30. The molecule has 0 bridgehead atoms. The highest BCUT2D eigenvalue weighted by atomic mass is 16.5. The molecule has 1 aromatic carbocycles. The van der Waals surface area contributed by atoms with E-state index in [-0.39, 0.29) is 0 Å². The van der Waals surface area contributed by atoms with E-state index in [1.54, 1.807) is 19.5 Å². The van der Waals surface area contributed by atoms with Gasteiger partial charge in [0.05, 0.1) is 19.5 Å². The fourth-order valence-corrected chi connectivity index (χ4v) is 1.79. The molecule has 0 atom stereocenters. The molecular weight excluding hydrogens is 270 g/mol. The maximum Gasteiger partial charge on any atom is 0.247 e. The predicted octanol–water partition coefficient (Wildman–Crippen LogP) is 2.15. The topological polar surface area (TPSA) is 86.0 Å². The molecule has 0 aliphatic heterocycles. The number of methoxy groups -OCH3 is 1. The average Bonchev–Trinajstić information content (AvgIpc) is 3.08. The third-order valence-corrected chi connectivity index (χ3v) is 2.86. The van der Waals surface area contributed by atoms with Crippen LogP contribution in [0.25, 0.3) is 11.5 Å². The van der Waals surface area contributed by atoms with Gasteiger partial charge >= 0.3 is 0 Å². The summed E-state index contributed by atoms with van der Waals surface area (Å²) in [5.41, 5.74) is 1.99. The van der Waals surface area contributed by atoms with Crippen LogP contribution in [0.15, 0.2) is 47.5 Å². The summed E-state index contributed by atoms with van der Waals surface area (Å²) in [4.78, 5) is 8.27. The van der Waals surface area contributed by atoms with Crippen LogP contribution >= 0.6 is 0 Å². The molecule has 0 unspecified atom stereocenters. The second-order valence-electron chi connectivity index (χ2n) is 4.24. The standard InChI is InChI=1S/C14H13N5O2/c1-20-13-8-15-7-12(18-13)16-6-10-2-4-11(5-3-10)14-19-17-9-21-14/h2-5,7-9H,6H2,1H3,(H,16,18). The Kier molecular flexibility index (Phi) is 3.72. The Balaban J connectivity index is 1.65. The Morgan fingerprint density at radius 2 is 2.05 bits per heavy atom. The van der Waals surface area contributed by atoms with Gasteiger partial charge in [0, 0.05) is 12.1 Å². The van der Waals surface area contributed by atoms with Crippen LogP contribution in [0.4, 0.5) is 5.82 Å². The molecule has 1 N–H and O–H groups in total. The smallest absolute Gasteiger partial charge is 0.247 e. The van der Waals surface area contributed by atoms with E-state index in [0.29, 0.717) is 24.1 Å². The zero-order chi connectivity index (χ0) is 14.5. The summed E-state index contributed by atoms with van der Waals surface area (Å²) in [5.74, 6) is 1.65. The van der Waals surface area contributed by atoms with Crippen molar-refractivity contribution in [2.75, 3.05) is 12.4 Å². The monoisotopic (exact) mass is 283 g/mol. The number of hydrogen-bond donors (Lipinski definition) is 1. The molecule has 3 rings (SSSR count). The Morgan fingerprint density at radius 1 is 1.19 bits per heavy atom. The number of nitrogens with one attached hydrogen (secondary N) is 1. The van der Waals surface area contributed by atoms with Gasteiger partial charge in [-0.1, -0.05) is 12.1 Å². The maximum absolute atomic E-state index is 5.14. The van der Waals surface area contributed by atoms with Gasteiger partial charge in [-0.2, -0.15) is 4.98 Å². The summed E-state index contributed by atoms with van der Waals surface area (Å²) in [6.45, 7) is 0.631. The lowest BCUT2D eigenvalue weighted by molar-refractivity contribution is 0.396. The molecule has 0 saturated carbocycles. The number of nitrogens with zero attached hydrogens (tertiary/aromatic N) is 4. The van der Waals surface area contributed by atoms with E-state index >= 15 is 0 Å². The maximum atomic E-state index is 5.14. The Bertz CT molecular complexity index is 698. The Labute approximate surface area is 121 Å². The number of aromatic nitrogens is 4. The van der Waals surface area contributed by atoms with E-state index in [2.05, 4.69) is 25.5 Å². The van der Waals surface area contributed by atoms with Crippen molar-refractivity contribution in [1.82, 2.24) is 20.2 Å². The fourth-order valence-electron chi connectivity index (χ4n) is 1.79. The number of hydrogen-bond acceptors (Lipinski definition) is 7. The molecule has 2 heterocycles. The first kappa shape index (κ1) is 13.0. The molecule has 0 aliphatic carbocycles. The quantitative estimate of drug-likeness (QED) is 0.767. The van der Waals surface area contributed by atoms with Gasteiger partial charge in [0.2, 0.25) is 18.2 Å². The van der Waals surface area contributed by atoms with Gasteiger partial charge in [0.25, 0.3) is 0 Å². The summed E-state index contributed by atoms with van der Waals surface area (Å²) < 4.78 is 10.2. The second kappa shape index (κ2) is 6.00. The van der Waals surface area contributed by atoms with Gasteiger partial charge in [0.1, 0.15) is 5.82 Å². The lowest BCUT2D eigenvalue weighted by atomic mass is 10.1. The highest BCUT2D eigenvalue weighted by molar-refractivity contribution is 5.53. The third kappa shape index (κ3) is 3.14. The highest BCUT2D eigenvalue weighted by Crippen LogP contribution is 2.17. The summed E-state index contributed by atoms with van der Waals surface area (Å²) >= 11 is 0. The summed E-state index contributed by atoms with van der Waals surface area (Å²) in [5, 5.41) is 10.7. The van der Waals surface area contributed by atoms with E-state index in [1.807, 2.05) is 24.3 Å². The van der Waals surface area contributed by atoms with Crippen molar-refractivity contribution in [2.45, 2.75) is 6.54 Å². The minimum atomic E-state index is 0.478. The zero-order valence-corrected chi connectivity index (χ0v) is 11.4. The first-order chi connectivity index (χ1) is 10.3. The molecule has 21 heavy (non-hydrogen) atoms. The van der Waals surface area contributed by atoms with Crippen molar-refractivity contribution < 1.29 is 9.15 Å². The van der Waals surface area contributed by atoms with E-state index in [4.69, 9.17) is 9.15 Å². The summed E-state index contributed by atoms with van der Waals surface area (Å²) in [6, 6.07) is 7.84. The second-order valence-corrected chi connectivity index (χ2v) is 4.24. The average molecular weight is 283 g/mol. The molecule has 106 valence electrons. The van der Waals surface area contributed by atoms with E-state index < -0.39 is 0 Å². The number of anilines is 1. The van der Waals surface area contributed by atoms with Crippen LogP contribution in [-0.2, 0) is 6.54 Å². The van der Waals surface area contributed by atoms with Crippen molar-refractivity contribution in [1.29, 1.82) is 0 Å². The third-order valence-electron chi connectivity index (χ3n) is 2.86. The molecule has 0 fully saturated rings. The van der Waals surface area contributed by atoms with Crippen LogP contribution in [0.5, 0.6) is 5.88 Å². The lowest BCUT2D eigenvalue weighted by Gasteiger charge is -2.06. The van der Waals surface area contributed by atoms with E-state index in [1.165, 1.54) is 6.39 Å². The molecule has 3 aromatic rings. The minimum absolute atomic E-state index is 0.478. The van der Waals surface area contributed by atoms with Gasteiger partial charge < -0.3 is 14.5 Å². The SMILES string of the molecule is COc1cncc(NCc2ccc(-c3nnco3)cc2)n1. The first-order valence-electron chi connectivity index (χ1n) is 6.30. The van der Waals surface area contributed by atoms with Crippen LogP contribution in [0, 0.1) is 0 Å². The van der Waals surface area contributed by atoms with E-state index in [9.17, 15) is 0 Å². The van der Waals surface area contributed by atoms with Crippen LogP contribution in [0.3, 0.4) is 0 Å². The molecule has 0 saturated heterocycles. The molecule has 2 aromatic heterocycles. The molecule has 0 aliphatic rings. The van der Waals surface area contributed by atoms with Gasteiger partial charge in [-0.05, 0) is 17.7 Å². The summed E-state index contributed by atoms with van der Waals surface area (Å²) in [7, 11) is 1.56. The molecular formula is C14H13N5O2. The molecule has 0 spiro atoms. The molecule has 7 nitrogen and oxygen atoms in total. The van der Waals surface area contributed by atoms with Crippen LogP contribution in [0.2, 0.25) is 0 Å². The van der Waals surface area contributed by atoms with Crippen molar-refractivity contribution >= 4 is 5.82 Å². The van der Waals surface area contributed by atoms with Gasteiger partial charge in [-0.3, -0.25) is 4.98 Å². The van der Waals surface area contributed by atoms with Gasteiger partial charge in [-0.15, -0.1) is 10.2 Å². The Hall–Kier alpha value is -2.96. The highest BCUT2D eigenvalue weighted by Gasteiger charge is 2.03. The van der Waals surface area contributed by atoms with Crippen molar-refractivity contribution in [3.8, 4) is 17.3 Å². The van der Waals surface area contributed by atoms with Gasteiger partial charge in [0.15, 0.2) is 0 Å². The lowest BCUT2D eigenvalue weighted by Crippen LogP contribution is -2.02. The summed E-state index contributed by atoms with van der Waals surface area (Å²) in [6.07, 6.45) is 4.52. The van der Waals surface area contributed by atoms with Crippen LogP contribution < -0.4 is 10.1 Å². The normalized spacial score (nSPS) is 10.3. The predicted molar refractivity (Wildman–Crippen MR) is 75.6 cm³/mol. The van der Waals surface area contributed by atoms with Crippen molar-refractivity contribution in [3.63, 3.8) is 0 Å². The van der Waals surface area contributed by atoms with Gasteiger partial charge in [-0.25, -0.2) is 0 Å². The number of ether oxygens (including phenoxy) is 1. The van der Waals surface area contributed by atoms with E-state index in [0.717, 1.165) is 11.1 Å². The van der Waals surface area contributed by atoms with Crippen LogP contribution in [0.1, 0.15) is 5.56 Å². The number of rotatable bonds is 5. The zero-order valence-electron chi connectivity index (χ0n) is 11.4. The van der Waals surface area contributed by atoms with Crippen molar-refractivity contribution in [3.05, 3.63) is 48.6 Å². The fraction of sp³-hybridized carbons (Fsp3) is 0.143. The molecule has 0 amide bonds. The Morgan fingerprint density at radius 3 is 2.76 bits per heavy atom. The van der Waals surface area contributed by atoms with Crippen LogP contribution in [-0.4, -0.2) is 27.3 Å². The number of benzene rings is 1. The molecule has 7 heteroatoms. The van der Waals surface area contributed by atoms with Crippen molar-refractivity contribution in [2.24, 2.45) is 0 Å².